The van der Waals surface area contributed by atoms with Gasteiger partial charge in [0, 0.05) is 10.3 Å². The van der Waals surface area contributed by atoms with Crippen LogP contribution in [0.2, 0.25) is 5.02 Å². The Morgan fingerprint density at radius 2 is 1.83 bits per heavy atom. The number of fused-ring (bicyclic) bond motifs is 1. The van der Waals surface area contributed by atoms with Crippen molar-refractivity contribution in [2.24, 2.45) is 0 Å². The fourth-order valence-electron chi connectivity index (χ4n) is 2.17. The van der Waals surface area contributed by atoms with Gasteiger partial charge in [-0.25, -0.2) is 9.97 Å². The average molecular weight is 370 g/mol. The van der Waals surface area contributed by atoms with E-state index < -0.39 is 11.7 Å². The molecule has 0 aliphatic carbocycles. The lowest BCUT2D eigenvalue weighted by atomic mass is 10.2. The third-order valence-corrected chi connectivity index (χ3v) is 4.61. The van der Waals surface area contributed by atoms with Crippen molar-refractivity contribution < 1.29 is 13.2 Å². The highest BCUT2D eigenvalue weighted by molar-refractivity contribution is 7.98. The molecule has 0 bridgehead atoms. The van der Waals surface area contributed by atoms with Crippen molar-refractivity contribution in [3.05, 3.63) is 58.9 Å². The van der Waals surface area contributed by atoms with Crippen LogP contribution >= 0.6 is 23.4 Å². The molecule has 3 rings (SSSR count). The molecule has 1 heterocycles. The van der Waals surface area contributed by atoms with Crippen LogP contribution in [0.3, 0.4) is 0 Å². The molecule has 0 aliphatic heterocycles. The molecule has 0 aliphatic rings. The Morgan fingerprint density at radius 1 is 1.08 bits per heavy atom. The van der Waals surface area contributed by atoms with E-state index >= 15 is 0 Å². The SMILES string of the molecule is Nc1nc(CSc2ccc(Cl)c(C(F)(F)F)c2)nc2ccccc12. The average Bonchev–Trinajstić information content (AvgIpc) is 2.53. The second kappa shape index (κ2) is 6.49. The molecule has 0 fully saturated rings. The van der Waals surface area contributed by atoms with Crippen LogP contribution in [0.15, 0.2) is 47.4 Å². The van der Waals surface area contributed by atoms with E-state index in [1.165, 1.54) is 23.9 Å². The van der Waals surface area contributed by atoms with E-state index in [9.17, 15) is 13.2 Å². The van der Waals surface area contributed by atoms with Gasteiger partial charge in [-0.3, -0.25) is 0 Å². The summed E-state index contributed by atoms with van der Waals surface area (Å²) in [5, 5.41) is 0.426. The van der Waals surface area contributed by atoms with Gasteiger partial charge in [0.05, 0.1) is 21.9 Å². The number of para-hydroxylation sites is 1. The van der Waals surface area contributed by atoms with Crippen LogP contribution in [0, 0.1) is 0 Å². The van der Waals surface area contributed by atoms with Crippen molar-refractivity contribution in [3.63, 3.8) is 0 Å². The van der Waals surface area contributed by atoms with Crippen molar-refractivity contribution in [1.82, 2.24) is 9.97 Å². The number of nitrogens with two attached hydrogens (primary N) is 1. The lowest BCUT2D eigenvalue weighted by Crippen LogP contribution is -2.05. The predicted octanol–water partition coefficient (Wildman–Crippen LogP) is 5.18. The van der Waals surface area contributed by atoms with Gasteiger partial charge in [0.1, 0.15) is 11.6 Å². The smallest absolute Gasteiger partial charge is 0.383 e. The van der Waals surface area contributed by atoms with E-state index in [0.29, 0.717) is 27.8 Å². The van der Waals surface area contributed by atoms with E-state index in [2.05, 4.69) is 9.97 Å². The highest BCUT2D eigenvalue weighted by Gasteiger charge is 2.33. The summed E-state index contributed by atoms with van der Waals surface area (Å²) in [6, 6.07) is 11.1. The van der Waals surface area contributed by atoms with Gasteiger partial charge >= 0.3 is 6.18 Å². The standard InChI is InChI=1S/C16H11ClF3N3S/c17-12-6-5-9(7-11(12)16(18,19)20)24-8-14-22-13-4-2-1-3-10(13)15(21)23-14/h1-7H,8H2,(H2,21,22,23). The van der Waals surface area contributed by atoms with Gasteiger partial charge in [-0.2, -0.15) is 13.2 Å². The Hall–Kier alpha value is -1.99. The molecule has 0 unspecified atom stereocenters. The highest BCUT2D eigenvalue weighted by Crippen LogP contribution is 2.37. The molecule has 8 heteroatoms. The molecule has 0 saturated heterocycles. The summed E-state index contributed by atoms with van der Waals surface area (Å²) in [6.45, 7) is 0. The van der Waals surface area contributed by atoms with Gasteiger partial charge in [-0.15, -0.1) is 11.8 Å². The number of thioether (sulfide) groups is 1. The van der Waals surface area contributed by atoms with Crippen LogP contribution in [0.5, 0.6) is 0 Å². The number of aromatic nitrogens is 2. The number of hydrogen-bond donors (Lipinski definition) is 1. The molecule has 0 spiro atoms. The Morgan fingerprint density at radius 3 is 2.58 bits per heavy atom. The molecule has 124 valence electrons. The van der Waals surface area contributed by atoms with E-state index in [1.54, 1.807) is 0 Å². The summed E-state index contributed by atoms with van der Waals surface area (Å²) in [5.41, 5.74) is 5.75. The lowest BCUT2D eigenvalue weighted by molar-refractivity contribution is -0.137. The Balaban J connectivity index is 1.84. The number of nitrogens with zero attached hydrogens (tertiary/aromatic N) is 2. The zero-order valence-electron chi connectivity index (χ0n) is 12.1. The van der Waals surface area contributed by atoms with Crippen LogP contribution in [-0.4, -0.2) is 9.97 Å². The Labute approximate surface area is 145 Å². The van der Waals surface area contributed by atoms with Crippen LogP contribution in [0.1, 0.15) is 11.4 Å². The molecule has 1 aromatic heterocycles. The number of benzene rings is 2. The minimum absolute atomic E-state index is 0.300. The van der Waals surface area contributed by atoms with Crippen LogP contribution in [0.4, 0.5) is 19.0 Å². The lowest BCUT2D eigenvalue weighted by Gasteiger charge is -2.10. The maximum Gasteiger partial charge on any atom is 0.417 e. The van der Waals surface area contributed by atoms with E-state index in [0.717, 1.165) is 11.5 Å². The Bertz CT molecular complexity index is 899. The third kappa shape index (κ3) is 3.57. The van der Waals surface area contributed by atoms with Gasteiger partial charge in [0.2, 0.25) is 0 Å². The molecule has 0 radical (unpaired) electrons. The topological polar surface area (TPSA) is 51.8 Å². The minimum atomic E-state index is -4.49. The van der Waals surface area contributed by atoms with Crippen LogP contribution in [-0.2, 0) is 11.9 Å². The second-order valence-corrected chi connectivity index (χ2v) is 6.43. The molecule has 2 aromatic carbocycles. The van der Waals surface area contributed by atoms with Gasteiger partial charge in [-0.05, 0) is 30.3 Å². The summed E-state index contributed by atoms with van der Waals surface area (Å²) in [4.78, 5) is 9.01. The van der Waals surface area contributed by atoms with Gasteiger partial charge in [0.25, 0.3) is 0 Å². The van der Waals surface area contributed by atoms with Crippen molar-refractivity contribution in [1.29, 1.82) is 0 Å². The third-order valence-electron chi connectivity index (χ3n) is 3.29. The summed E-state index contributed by atoms with van der Waals surface area (Å²) >= 11 is 6.80. The molecule has 24 heavy (non-hydrogen) atoms. The number of anilines is 1. The van der Waals surface area contributed by atoms with Crippen molar-refractivity contribution in [2.75, 3.05) is 5.73 Å². The zero-order valence-corrected chi connectivity index (χ0v) is 13.7. The fourth-order valence-corrected chi connectivity index (χ4v) is 3.19. The van der Waals surface area contributed by atoms with E-state index in [-0.39, 0.29) is 5.02 Å². The number of alkyl halides is 3. The van der Waals surface area contributed by atoms with Gasteiger partial charge in [0.15, 0.2) is 0 Å². The first-order valence-electron chi connectivity index (χ1n) is 6.85. The first kappa shape index (κ1) is 16.9. The molecule has 2 N–H and O–H groups in total. The summed E-state index contributed by atoms with van der Waals surface area (Å²) in [6.07, 6.45) is -4.49. The molecule has 0 atom stereocenters. The number of rotatable bonds is 3. The van der Waals surface area contributed by atoms with Crippen LogP contribution < -0.4 is 5.73 Å². The van der Waals surface area contributed by atoms with Crippen molar-refractivity contribution >= 4 is 40.1 Å². The predicted molar refractivity (Wildman–Crippen MR) is 90.0 cm³/mol. The second-order valence-electron chi connectivity index (χ2n) is 4.97. The van der Waals surface area contributed by atoms with Crippen molar-refractivity contribution in [2.45, 2.75) is 16.8 Å². The first-order chi connectivity index (χ1) is 11.3. The molecule has 0 amide bonds. The quantitative estimate of drug-likeness (QED) is 0.646. The van der Waals surface area contributed by atoms with E-state index in [1.807, 2.05) is 24.3 Å². The first-order valence-corrected chi connectivity index (χ1v) is 8.21. The van der Waals surface area contributed by atoms with Gasteiger partial charge < -0.3 is 5.73 Å². The minimum Gasteiger partial charge on any atom is -0.383 e. The normalized spacial score (nSPS) is 11.8. The number of hydrogen-bond acceptors (Lipinski definition) is 4. The number of nitrogen functional groups attached to an aromatic ring is 1. The zero-order chi connectivity index (χ0) is 17.3. The maximum atomic E-state index is 12.9. The van der Waals surface area contributed by atoms with Crippen molar-refractivity contribution in [3.8, 4) is 0 Å². The molecule has 3 aromatic rings. The number of halogens is 4. The van der Waals surface area contributed by atoms with Gasteiger partial charge in [-0.1, -0.05) is 23.7 Å². The molecule has 3 nitrogen and oxygen atoms in total. The Kier molecular flexibility index (Phi) is 4.56. The summed E-state index contributed by atoms with van der Waals surface area (Å²) < 4.78 is 38.7. The fraction of sp³-hybridized carbons (Fsp3) is 0.125. The highest BCUT2D eigenvalue weighted by atomic mass is 35.5. The largest absolute Gasteiger partial charge is 0.417 e. The summed E-state index contributed by atoms with van der Waals surface area (Å²) in [7, 11) is 0. The van der Waals surface area contributed by atoms with Crippen LogP contribution in [0.25, 0.3) is 10.9 Å². The monoisotopic (exact) mass is 369 g/mol. The molecule has 0 saturated carbocycles. The maximum absolute atomic E-state index is 12.9. The van der Waals surface area contributed by atoms with E-state index in [4.69, 9.17) is 17.3 Å². The molecular weight excluding hydrogens is 359 g/mol. The summed E-state index contributed by atoms with van der Waals surface area (Å²) in [5.74, 6) is 1.11. The molecular formula is C16H11ClF3N3S.